The van der Waals surface area contributed by atoms with Crippen molar-refractivity contribution < 1.29 is 14.3 Å². The highest BCUT2D eigenvalue weighted by Gasteiger charge is 2.16. The molecule has 2 N–H and O–H groups in total. The summed E-state index contributed by atoms with van der Waals surface area (Å²) in [6.07, 6.45) is 6.96. The Morgan fingerprint density at radius 1 is 1.00 bits per heavy atom. The number of nitrogens with one attached hydrogen (secondary N) is 2. The zero-order valence-corrected chi connectivity index (χ0v) is 16.5. The van der Waals surface area contributed by atoms with E-state index in [0.717, 1.165) is 18.4 Å². The van der Waals surface area contributed by atoms with Gasteiger partial charge in [-0.15, -0.1) is 10.2 Å². The van der Waals surface area contributed by atoms with Gasteiger partial charge in [0.05, 0.1) is 14.2 Å². The first-order valence-corrected chi connectivity index (χ1v) is 9.79. The fourth-order valence-electron chi connectivity index (χ4n) is 3.41. The molecule has 0 saturated heterocycles. The van der Waals surface area contributed by atoms with Gasteiger partial charge in [0.2, 0.25) is 0 Å². The van der Waals surface area contributed by atoms with Crippen LogP contribution in [0.1, 0.15) is 54.6 Å². The highest BCUT2D eigenvalue weighted by atomic mass is 16.5. The molecule has 1 fully saturated rings. The van der Waals surface area contributed by atoms with E-state index in [0.29, 0.717) is 29.6 Å². The largest absolute Gasteiger partial charge is 0.493 e. The molecule has 1 aromatic carbocycles. The van der Waals surface area contributed by atoms with E-state index in [1.165, 1.54) is 25.7 Å². The number of nitrogens with zero attached hydrogens (tertiary/aromatic N) is 2. The van der Waals surface area contributed by atoms with Gasteiger partial charge in [0.25, 0.3) is 5.91 Å². The Morgan fingerprint density at radius 3 is 2.39 bits per heavy atom. The number of hydrogen-bond acceptors (Lipinski definition) is 6. The van der Waals surface area contributed by atoms with Crippen LogP contribution in [0.15, 0.2) is 30.3 Å². The molecule has 0 bridgehead atoms. The first-order chi connectivity index (χ1) is 13.7. The molecule has 150 valence electrons. The lowest BCUT2D eigenvalue weighted by molar-refractivity contribution is 0.0927. The van der Waals surface area contributed by atoms with Crippen LogP contribution in [0.4, 0.5) is 5.82 Å². The molecule has 0 atom stereocenters. The molecule has 1 heterocycles. The smallest absolute Gasteiger partial charge is 0.272 e. The predicted molar refractivity (Wildman–Crippen MR) is 108 cm³/mol. The number of ether oxygens (including phenoxy) is 2. The van der Waals surface area contributed by atoms with Crippen molar-refractivity contribution in [2.45, 2.75) is 51.1 Å². The maximum absolute atomic E-state index is 12.4. The van der Waals surface area contributed by atoms with E-state index in [1.807, 2.05) is 18.2 Å². The SMILES string of the molecule is COc1ccc(CNc2ccc(C(=O)NC3CCCCCC3)nn2)cc1OC. The number of benzene rings is 1. The number of carbonyl (C=O) groups excluding carboxylic acids is 1. The molecule has 7 nitrogen and oxygen atoms in total. The molecule has 1 aromatic heterocycles. The minimum Gasteiger partial charge on any atom is -0.493 e. The van der Waals surface area contributed by atoms with E-state index < -0.39 is 0 Å². The summed E-state index contributed by atoms with van der Waals surface area (Å²) in [7, 11) is 3.22. The summed E-state index contributed by atoms with van der Waals surface area (Å²) < 4.78 is 10.6. The molecular weight excluding hydrogens is 356 g/mol. The second-order valence-corrected chi connectivity index (χ2v) is 7.01. The van der Waals surface area contributed by atoms with Crippen LogP contribution in [0.5, 0.6) is 11.5 Å². The highest BCUT2D eigenvalue weighted by molar-refractivity contribution is 5.92. The number of amides is 1. The first kappa shape index (κ1) is 19.9. The highest BCUT2D eigenvalue weighted by Crippen LogP contribution is 2.27. The quantitative estimate of drug-likeness (QED) is 0.710. The van der Waals surface area contributed by atoms with Gasteiger partial charge < -0.3 is 20.1 Å². The molecular formula is C21H28N4O3. The zero-order chi connectivity index (χ0) is 19.8. The van der Waals surface area contributed by atoms with E-state index in [4.69, 9.17) is 9.47 Å². The average Bonchev–Trinajstić information content (AvgIpc) is 3.01. The van der Waals surface area contributed by atoms with Crippen molar-refractivity contribution in [2.24, 2.45) is 0 Å². The number of hydrogen-bond donors (Lipinski definition) is 2. The first-order valence-electron chi connectivity index (χ1n) is 9.79. The Bertz CT molecular complexity index is 772. The zero-order valence-electron chi connectivity index (χ0n) is 16.5. The number of anilines is 1. The van der Waals surface area contributed by atoms with Crippen molar-refractivity contribution in [1.82, 2.24) is 15.5 Å². The van der Waals surface area contributed by atoms with Crippen LogP contribution in [-0.2, 0) is 6.54 Å². The third-order valence-electron chi connectivity index (χ3n) is 5.01. The molecule has 0 spiro atoms. The van der Waals surface area contributed by atoms with E-state index in [9.17, 15) is 4.79 Å². The molecule has 1 aliphatic rings. The predicted octanol–water partition coefficient (Wildman–Crippen LogP) is 3.56. The van der Waals surface area contributed by atoms with Gasteiger partial charge >= 0.3 is 0 Å². The van der Waals surface area contributed by atoms with E-state index in [-0.39, 0.29) is 11.9 Å². The Balaban J connectivity index is 1.54. The van der Waals surface area contributed by atoms with Gasteiger partial charge in [-0.1, -0.05) is 31.7 Å². The summed E-state index contributed by atoms with van der Waals surface area (Å²) in [6.45, 7) is 0.558. The molecule has 2 aromatic rings. The third kappa shape index (κ3) is 5.34. The van der Waals surface area contributed by atoms with Gasteiger partial charge in [-0.05, 0) is 42.7 Å². The molecule has 0 aliphatic heterocycles. The topological polar surface area (TPSA) is 85.4 Å². The van der Waals surface area contributed by atoms with E-state index >= 15 is 0 Å². The summed E-state index contributed by atoms with van der Waals surface area (Å²) >= 11 is 0. The molecule has 0 unspecified atom stereocenters. The Hall–Kier alpha value is -2.83. The maximum atomic E-state index is 12.4. The van der Waals surface area contributed by atoms with Crippen molar-refractivity contribution >= 4 is 11.7 Å². The molecule has 28 heavy (non-hydrogen) atoms. The van der Waals surface area contributed by atoms with Gasteiger partial charge in [-0.2, -0.15) is 0 Å². The number of aromatic nitrogens is 2. The van der Waals surface area contributed by atoms with Gasteiger partial charge in [0, 0.05) is 12.6 Å². The van der Waals surface area contributed by atoms with Gasteiger partial charge in [0.15, 0.2) is 17.2 Å². The van der Waals surface area contributed by atoms with Crippen LogP contribution in [0.2, 0.25) is 0 Å². The van der Waals surface area contributed by atoms with Crippen molar-refractivity contribution in [2.75, 3.05) is 19.5 Å². The van der Waals surface area contributed by atoms with Crippen LogP contribution >= 0.6 is 0 Å². The minimum atomic E-state index is -0.147. The lowest BCUT2D eigenvalue weighted by atomic mass is 10.1. The summed E-state index contributed by atoms with van der Waals surface area (Å²) in [6, 6.07) is 9.46. The van der Waals surface area contributed by atoms with E-state index in [2.05, 4.69) is 20.8 Å². The second-order valence-electron chi connectivity index (χ2n) is 7.01. The molecule has 1 aliphatic carbocycles. The van der Waals surface area contributed by atoms with Crippen LogP contribution < -0.4 is 20.1 Å². The van der Waals surface area contributed by atoms with Crippen molar-refractivity contribution in [1.29, 1.82) is 0 Å². The second kappa shape index (κ2) is 9.92. The molecule has 1 saturated carbocycles. The average molecular weight is 384 g/mol. The van der Waals surface area contributed by atoms with Gasteiger partial charge in [-0.25, -0.2) is 0 Å². The van der Waals surface area contributed by atoms with Crippen LogP contribution in [0.3, 0.4) is 0 Å². The Labute approximate surface area is 165 Å². The summed E-state index contributed by atoms with van der Waals surface area (Å²) in [5.74, 6) is 1.83. The summed E-state index contributed by atoms with van der Waals surface area (Å²) in [5, 5.41) is 14.5. The van der Waals surface area contributed by atoms with Gasteiger partial charge in [0.1, 0.15) is 5.82 Å². The molecule has 1 amide bonds. The lowest BCUT2D eigenvalue weighted by Crippen LogP contribution is -2.35. The molecule has 3 rings (SSSR count). The number of carbonyl (C=O) groups is 1. The van der Waals surface area contributed by atoms with Crippen LogP contribution in [0.25, 0.3) is 0 Å². The maximum Gasteiger partial charge on any atom is 0.272 e. The normalized spacial score (nSPS) is 14.8. The van der Waals surface area contributed by atoms with E-state index in [1.54, 1.807) is 26.4 Å². The molecule has 7 heteroatoms. The van der Waals surface area contributed by atoms with Crippen molar-refractivity contribution in [3.05, 3.63) is 41.6 Å². The number of methoxy groups -OCH3 is 2. The Morgan fingerprint density at radius 2 is 1.75 bits per heavy atom. The van der Waals surface area contributed by atoms with Gasteiger partial charge in [-0.3, -0.25) is 4.79 Å². The van der Waals surface area contributed by atoms with Crippen molar-refractivity contribution in [3.8, 4) is 11.5 Å². The fraction of sp³-hybridized carbons (Fsp3) is 0.476. The summed E-state index contributed by atoms with van der Waals surface area (Å²) in [4.78, 5) is 12.4. The number of rotatable bonds is 7. The van der Waals surface area contributed by atoms with Crippen LogP contribution in [0, 0.1) is 0 Å². The minimum absolute atomic E-state index is 0.147. The standard InChI is InChI=1S/C21H28N4O3/c1-27-18-11-9-15(13-19(18)28-2)14-22-20-12-10-17(24-25-20)21(26)23-16-7-5-3-4-6-8-16/h9-13,16H,3-8,14H2,1-2H3,(H,22,25)(H,23,26). The summed E-state index contributed by atoms with van der Waals surface area (Å²) in [5.41, 5.74) is 1.37. The monoisotopic (exact) mass is 384 g/mol. The fourth-order valence-corrected chi connectivity index (χ4v) is 3.41. The van der Waals surface area contributed by atoms with Crippen molar-refractivity contribution in [3.63, 3.8) is 0 Å². The lowest BCUT2D eigenvalue weighted by Gasteiger charge is -2.15. The molecule has 0 radical (unpaired) electrons. The van der Waals surface area contributed by atoms with Crippen LogP contribution in [-0.4, -0.2) is 36.4 Å². The third-order valence-corrected chi connectivity index (χ3v) is 5.01. The Kier molecular flexibility index (Phi) is 7.06.